The second-order valence-corrected chi connectivity index (χ2v) is 3.94. The molecule has 1 aromatic rings. The van der Waals surface area contributed by atoms with E-state index in [2.05, 4.69) is 13.0 Å². The molecule has 0 fully saturated rings. The van der Waals surface area contributed by atoms with Crippen LogP contribution in [0.15, 0.2) is 24.3 Å². The molecule has 0 radical (unpaired) electrons. The molecule has 2 nitrogen and oxygen atoms in total. The van der Waals surface area contributed by atoms with Crippen LogP contribution < -0.4 is 4.74 Å². The van der Waals surface area contributed by atoms with E-state index in [-0.39, 0.29) is 6.61 Å². The first-order valence-corrected chi connectivity index (χ1v) is 5.15. The summed E-state index contributed by atoms with van der Waals surface area (Å²) in [7, 11) is 0. The first kappa shape index (κ1) is 9.53. The van der Waals surface area contributed by atoms with Gasteiger partial charge in [-0.3, -0.25) is 0 Å². The van der Waals surface area contributed by atoms with Crippen LogP contribution in [-0.4, -0.2) is 18.3 Å². The molecule has 2 atom stereocenters. The van der Waals surface area contributed by atoms with Crippen molar-refractivity contribution >= 4 is 0 Å². The van der Waals surface area contributed by atoms with Gasteiger partial charge in [0.25, 0.3) is 0 Å². The van der Waals surface area contributed by atoms with Gasteiger partial charge in [-0.1, -0.05) is 25.1 Å². The third kappa shape index (κ3) is 1.62. The molecule has 1 N–H and O–H groups in total. The van der Waals surface area contributed by atoms with Crippen molar-refractivity contribution < 1.29 is 9.84 Å². The summed E-state index contributed by atoms with van der Waals surface area (Å²) in [6.07, 6.45) is 1.01. The molecule has 0 saturated carbocycles. The summed E-state index contributed by atoms with van der Waals surface area (Å²) in [5, 5.41) is 9.17. The lowest BCUT2D eigenvalue weighted by molar-refractivity contribution is 0.181. The van der Waals surface area contributed by atoms with Crippen LogP contribution in [0, 0.1) is 5.92 Å². The Morgan fingerprint density at radius 1 is 1.50 bits per heavy atom. The maximum Gasteiger partial charge on any atom is 0.122 e. The van der Waals surface area contributed by atoms with E-state index in [1.807, 2.05) is 18.2 Å². The van der Waals surface area contributed by atoms with Crippen molar-refractivity contribution in [3.05, 3.63) is 29.8 Å². The van der Waals surface area contributed by atoms with Crippen molar-refractivity contribution in [1.29, 1.82) is 0 Å². The van der Waals surface area contributed by atoms with Crippen molar-refractivity contribution in [1.82, 2.24) is 0 Å². The molecule has 1 unspecified atom stereocenters. The van der Waals surface area contributed by atoms with E-state index in [1.54, 1.807) is 0 Å². The van der Waals surface area contributed by atoms with E-state index in [0.29, 0.717) is 11.8 Å². The van der Waals surface area contributed by atoms with Gasteiger partial charge in [0.2, 0.25) is 0 Å². The van der Waals surface area contributed by atoms with Gasteiger partial charge in [0.1, 0.15) is 5.75 Å². The van der Waals surface area contributed by atoms with E-state index in [0.717, 1.165) is 18.8 Å². The van der Waals surface area contributed by atoms with Gasteiger partial charge < -0.3 is 9.84 Å². The Kier molecular flexibility index (Phi) is 2.73. The first-order chi connectivity index (χ1) is 6.83. The number of para-hydroxylation sites is 1. The Morgan fingerprint density at radius 3 is 3.07 bits per heavy atom. The highest BCUT2D eigenvalue weighted by Crippen LogP contribution is 2.37. The van der Waals surface area contributed by atoms with Gasteiger partial charge in [-0.2, -0.15) is 0 Å². The third-order valence-corrected chi connectivity index (χ3v) is 2.98. The van der Waals surface area contributed by atoms with Crippen LogP contribution in [0.2, 0.25) is 0 Å². The zero-order valence-electron chi connectivity index (χ0n) is 8.44. The molecule has 0 aromatic heterocycles. The molecule has 0 amide bonds. The third-order valence-electron chi connectivity index (χ3n) is 2.98. The molecular weight excluding hydrogens is 176 g/mol. The predicted octanol–water partition coefficient (Wildman–Crippen LogP) is 2.18. The smallest absolute Gasteiger partial charge is 0.122 e. The lowest BCUT2D eigenvalue weighted by Gasteiger charge is -2.29. The largest absolute Gasteiger partial charge is 0.493 e. The second kappa shape index (κ2) is 4.01. The molecule has 2 rings (SSSR count). The normalized spacial score (nSPS) is 22.3. The summed E-state index contributed by atoms with van der Waals surface area (Å²) < 4.78 is 5.57. The number of aliphatic hydroxyl groups is 1. The number of benzene rings is 1. The molecular formula is C12H16O2. The molecule has 1 heterocycles. The Balaban J connectivity index is 2.30. The molecule has 76 valence electrons. The van der Waals surface area contributed by atoms with Crippen molar-refractivity contribution in [2.45, 2.75) is 19.3 Å². The SMILES string of the molecule is C[C@@H](CO)C1CCOc2ccccc21. The topological polar surface area (TPSA) is 29.5 Å². The fraction of sp³-hybridized carbons (Fsp3) is 0.500. The van der Waals surface area contributed by atoms with Crippen LogP contribution in [0.1, 0.15) is 24.8 Å². The Morgan fingerprint density at radius 2 is 2.29 bits per heavy atom. The van der Waals surface area contributed by atoms with Crippen LogP contribution in [0.3, 0.4) is 0 Å². The van der Waals surface area contributed by atoms with Crippen molar-refractivity contribution in [3.8, 4) is 5.75 Å². The van der Waals surface area contributed by atoms with E-state index in [1.165, 1.54) is 5.56 Å². The number of hydrogen-bond acceptors (Lipinski definition) is 2. The lowest BCUT2D eigenvalue weighted by Crippen LogP contribution is -2.21. The minimum absolute atomic E-state index is 0.249. The monoisotopic (exact) mass is 192 g/mol. The highest BCUT2D eigenvalue weighted by atomic mass is 16.5. The predicted molar refractivity (Wildman–Crippen MR) is 55.5 cm³/mol. The van der Waals surface area contributed by atoms with Gasteiger partial charge in [0.15, 0.2) is 0 Å². The number of ether oxygens (including phenoxy) is 1. The zero-order valence-corrected chi connectivity index (χ0v) is 8.44. The second-order valence-electron chi connectivity index (χ2n) is 3.94. The summed E-state index contributed by atoms with van der Waals surface area (Å²) in [6.45, 7) is 3.11. The van der Waals surface area contributed by atoms with E-state index in [4.69, 9.17) is 4.74 Å². The summed E-state index contributed by atoms with van der Waals surface area (Å²) >= 11 is 0. The molecule has 1 aromatic carbocycles. The van der Waals surface area contributed by atoms with Gasteiger partial charge in [0.05, 0.1) is 6.61 Å². The average Bonchev–Trinajstić information content (AvgIpc) is 2.27. The summed E-state index contributed by atoms with van der Waals surface area (Å²) in [4.78, 5) is 0. The van der Waals surface area contributed by atoms with Crippen LogP contribution in [-0.2, 0) is 0 Å². The fourth-order valence-electron chi connectivity index (χ4n) is 2.09. The molecule has 0 aliphatic carbocycles. The number of rotatable bonds is 2. The summed E-state index contributed by atoms with van der Waals surface area (Å²) in [5.74, 6) is 1.76. The van der Waals surface area contributed by atoms with Gasteiger partial charge in [-0.05, 0) is 29.9 Å². The van der Waals surface area contributed by atoms with Crippen LogP contribution in [0.5, 0.6) is 5.75 Å². The Hall–Kier alpha value is -1.02. The van der Waals surface area contributed by atoms with Crippen LogP contribution in [0.25, 0.3) is 0 Å². The Labute approximate surface area is 84.5 Å². The molecule has 2 heteroatoms. The fourth-order valence-corrected chi connectivity index (χ4v) is 2.09. The molecule has 14 heavy (non-hydrogen) atoms. The quantitative estimate of drug-likeness (QED) is 0.778. The number of hydrogen-bond donors (Lipinski definition) is 1. The van der Waals surface area contributed by atoms with E-state index >= 15 is 0 Å². The zero-order chi connectivity index (χ0) is 9.97. The van der Waals surface area contributed by atoms with Crippen LogP contribution in [0.4, 0.5) is 0 Å². The standard InChI is InChI=1S/C12H16O2/c1-9(8-13)10-6-7-14-12-5-3-2-4-11(10)12/h2-5,9-10,13H,6-8H2,1H3/t9-,10?/m0/s1. The van der Waals surface area contributed by atoms with Gasteiger partial charge in [-0.25, -0.2) is 0 Å². The highest BCUT2D eigenvalue weighted by Gasteiger charge is 2.25. The van der Waals surface area contributed by atoms with Gasteiger partial charge >= 0.3 is 0 Å². The molecule has 1 aliphatic heterocycles. The van der Waals surface area contributed by atoms with E-state index in [9.17, 15) is 5.11 Å². The van der Waals surface area contributed by atoms with Gasteiger partial charge in [0, 0.05) is 6.61 Å². The van der Waals surface area contributed by atoms with Crippen molar-refractivity contribution in [3.63, 3.8) is 0 Å². The maximum absolute atomic E-state index is 9.17. The minimum Gasteiger partial charge on any atom is -0.493 e. The summed E-state index contributed by atoms with van der Waals surface area (Å²) in [6, 6.07) is 8.13. The van der Waals surface area contributed by atoms with Crippen molar-refractivity contribution in [2.24, 2.45) is 5.92 Å². The maximum atomic E-state index is 9.17. The average molecular weight is 192 g/mol. The molecule has 1 aliphatic rings. The lowest BCUT2D eigenvalue weighted by atomic mass is 9.83. The minimum atomic E-state index is 0.249. The Bertz CT molecular complexity index is 309. The molecule has 0 spiro atoms. The number of aliphatic hydroxyl groups excluding tert-OH is 1. The molecule has 0 saturated heterocycles. The van der Waals surface area contributed by atoms with E-state index < -0.39 is 0 Å². The highest BCUT2D eigenvalue weighted by molar-refractivity contribution is 5.38. The number of fused-ring (bicyclic) bond motifs is 1. The summed E-state index contributed by atoms with van der Waals surface area (Å²) in [5.41, 5.74) is 1.25. The van der Waals surface area contributed by atoms with Crippen molar-refractivity contribution in [2.75, 3.05) is 13.2 Å². The van der Waals surface area contributed by atoms with Gasteiger partial charge in [-0.15, -0.1) is 0 Å². The molecule has 0 bridgehead atoms. The first-order valence-electron chi connectivity index (χ1n) is 5.15. The van der Waals surface area contributed by atoms with Crippen LogP contribution >= 0.6 is 0 Å².